The summed E-state index contributed by atoms with van der Waals surface area (Å²) in [7, 11) is 0. The standard InChI is InChI=1S/C16H17N5O4S/c22-14(23)10-6-17-11(15(24)25)8-26-12(10)5-9-7-21-16(18-9)19-13-3-1-2-4-20(13)21/h6-7,12H,1-5,8H2,(H,22,23)(H,24,25). The number of rotatable bonds is 4. The van der Waals surface area contributed by atoms with Gasteiger partial charge in [0.05, 0.1) is 17.5 Å². The normalized spacial score (nSPS) is 20.2. The van der Waals surface area contributed by atoms with Crippen molar-refractivity contribution in [1.29, 1.82) is 0 Å². The van der Waals surface area contributed by atoms with Crippen molar-refractivity contribution in [3.8, 4) is 0 Å². The van der Waals surface area contributed by atoms with Gasteiger partial charge in [-0.2, -0.15) is 4.98 Å². The van der Waals surface area contributed by atoms with Crippen LogP contribution in [0.2, 0.25) is 0 Å². The van der Waals surface area contributed by atoms with Crippen molar-refractivity contribution in [1.82, 2.24) is 19.2 Å². The van der Waals surface area contributed by atoms with Crippen LogP contribution in [0.25, 0.3) is 5.78 Å². The van der Waals surface area contributed by atoms with E-state index >= 15 is 0 Å². The first-order chi connectivity index (χ1) is 12.5. The topological polar surface area (TPSA) is 122 Å². The van der Waals surface area contributed by atoms with E-state index in [9.17, 15) is 14.7 Å². The molecular formula is C16H17N5O4S. The van der Waals surface area contributed by atoms with Crippen LogP contribution >= 0.6 is 11.8 Å². The Morgan fingerprint density at radius 2 is 2.08 bits per heavy atom. The van der Waals surface area contributed by atoms with Gasteiger partial charge in [-0.25, -0.2) is 19.1 Å². The second-order valence-electron chi connectivity index (χ2n) is 6.26. The Hall–Kier alpha value is -2.62. The molecule has 2 aliphatic heterocycles. The van der Waals surface area contributed by atoms with Crippen molar-refractivity contribution in [3.05, 3.63) is 29.5 Å². The fraction of sp³-hybridized carbons (Fsp3) is 0.438. The van der Waals surface area contributed by atoms with Gasteiger partial charge in [-0.1, -0.05) is 0 Å². The SMILES string of the molecule is O=C(O)C1=CN=C(C(=O)O)CSC1Cc1cn2c(n1)nc1n2CCCC1. The maximum absolute atomic E-state index is 11.6. The average Bonchev–Trinajstić information content (AvgIpc) is 3.04. The Kier molecular flexibility index (Phi) is 4.27. The van der Waals surface area contributed by atoms with E-state index < -0.39 is 17.2 Å². The summed E-state index contributed by atoms with van der Waals surface area (Å²) in [5.41, 5.74) is 0.768. The molecule has 26 heavy (non-hydrogen) atoms. The number of aromatic nitrogens is 4. The summed E-state index contributed by atoms with van der Waals surface area (Å²) in [5, 5.41) is 18.1. The number of aliphatic carboxylic acids is 2. The highest BCUT2D eigenvalue weighted by atomic mass is 32.2. The summed E-state index contributed by atoms with van der Waals surface area (Å²) in [6, 6.07) is 0. The van der Waals surface area contributed by atoms with Crippen molar-refractivity contribution >= 4 is 35.2 Å². The van der Waals surface area contributed by atoms with Crippen LogP contribution in [0.15, 0.2) is 23.0 Å². The van der Waals surface area contributed by atoms with Gasteiger partial charge in [-0.15, -0.1) is 11.8 Å². The Bertz CT molecular complexity index is 957. The molecule has 9 nitrogen and oxygen atoms in total. The van der Waals surface area contributed by atoms with Gasteiger partial charge < -0.3 is 10.2 Å². The number of fused-ring (bicyclic) bond motifs is 3. The van der Waals surface area contributed by atoms with E-state index in [4.69, 9.17) is 5.11 Å². The number of hydrogen-bond acceptors (Lipinski definition) is 6. The molecule has 2 N–H and O–H groups in total. The molecule has 0 fully saturated rings. The first-order valence-electron chi connectivity index (χ1n) is 8.31. The van der Waals surface area contributed by atoms with Crippen molar-refractivity contribution in [2.75, 3.05) is 5.75 Å². The van der Waals surface area contributed by atoms with Gasteiger partial charge in [-0.3, -0.25) is 9.67 Å². The molecule has 1 atom stereocenters. The van der Waals surface area contributed by atoms with Gasteiger partial charge in [0.1, 0.15) is 11.5 Å². The van der Waals surface area contributed by atoms with Gasteiger partial charge in [0.25, 0.3) is 5.78 Å². The Labute approximate surface area is 152 Å². The Morgan fingerprint density at radius 1 is 1.23 bits per heavy atom. The molecule has 0 radical (unpaired) electrons. The molecule has 10 heteroatoms. The molecule has 2 aliphatic rings. The molecule has 2 aromatic rings. The lowest BCUT2D eigenvalue weighted by atomic mass is 10.1. The zero-order valence-corrected chi connectivity index (χ0v) is 14.6. The lowest BCUT2D eigenvalue weighted by Gasteiger charge is -2.14. The van der Waals surface area contributed by atoms with Crippen LogP contribution in [-0.2, 0) is 29.0 Å². The number of imidazole rings is 1. The monoisotopic (exact) mass is 375 g/mol. The van der Waals surface area contributed by atoms with E-state index in [2.05, 4.69) is 19.6 Å². The van der Waals surface area contributed by atoms with Gasteiger partial charge in [0.2, 0.25) is 0 Å². The van der Waals surface area contributed by atoms with Gasteiger partial charge >= 0.3 is 11.9 Å². The summed E-state index contributed by atoms with van der Waals surface area (Å²) in [4.78, 5) is 35.6. The molecule has 0 amide bonds. The molecule has 2 aromatic heterocycles. The van der Waals surface area contributed by atoms with Gasteiger partial charge in [0.15, 0.2) is 0 Å². The number of nitrogens with zero attached hydrogens (tertiary/aromatic N) is 5. The Morgan fingerprint density at radius 3 is 2.85 bits per heavy atom. The molecule has 0 saturated carbocycles. The van der Waals surface area contributed by atoms with E-state index in [1.807, 2.05) is 10.7 Å². The van der Waals surface area contributed by atoms with Gasteiger partial charge in [0, 0.05) is 36.6 Å². The zero-order valence-electron chi connectivity index (χ0n) is 13.8. The quantitative estimate of drug-likeness (QED) is 0.818. The predicted octanol–water partition coefficient (Wildman–Crippen LogP) is 1.02. The predicted molar refractivity (Wildman–Crippen MR) is 94.7 cm³/mol. The highest BCUT2D eigenvalue weighted by Gasteiger charge is 2.27. The minimum Gasteiger partial charge on any atom is -0.478 e. The van der Waals surface area contributed by atoms with Crippen molar-refractivity contribution in [3.63, 3.8) is 0 Å². The number of carboxylic acid groups (broad SMARTS) is 2. The minimum atomic E-state index is -1.13. The first-order valence-corrected chi connectivity index (χ1v) is 9.36. The van der Waals surface area contributed by atoms with E-state index in [1.54, 1.807) is 0 Å². The third-order valence-corrected chi connectivity index (χ3v) is 5.81. The number of hydrogen-bond donors (Lipinski definition) is 2. The summed E-state index contributed by atoms with van der Waals surface area (Å²) in [5.74, 6) is -0.429. The van der Waals surface area contributed by atoms with E-state index in [0.717, 1.165) is 43.5 Å². The average molecular weight is 375 g/mol. The maximum atomic E-state index is 11.6. The molecular weight excluding hydrogens is 358 g/mol. The summed E-state index contributed by atoms with van der Waals surface area (Å²) >= 11 is 1.26. The lowest BCUT2D eigenvalue weighted by molar-refractivity contribution is -0.133. The van der Waals surface area contributed by atoms with Crippen LogP contribution in [0.3, 0.4) is 0 Å². The molecule has 1 unspecified atom stereocenters. The highest BCUT2D eigenvalue weighted by Crippen LogP contribution is 2.27. The largest absolute Gasteiger partial charge is 0.478 e. The molecule has 0 aromatic carbocycles. The maximum Gasteiger partial charge on any atom is 0.351 e. The third kappa shape index (κ3) is 3.00. The highest BCUT2D eigenvalue weighted by molar-refractivity contribution is 8.00. The number of aryl methyl sites for hydroxylation is 2. The molecule has 136 valence electrons. The van der Waals surface area contributed by atoms with Crippen LogP contribution in [-0.4, -0.2) is 58.0 Å². The van der Waals surface area contributed by atoms with Gasteiger partial charge in [-0.05, 0) is 12.8 Å². The van der Waals surface area contributed by atoms with Crippen LogP contribution in [0.5, 0.6) is 0 Å². The zero-order chi connectivity index (χ0) is 18.3. The van der Waals surface area contributed by atoms with Crippen LogP contribution in [0, 0.1) is 0 Å². The molecule has 0 bridgehead atoms. The summed E-state index contributed by atoms with van der Waals surface area (Å²) in [6.07, 6.45) is 6.60. The smallest absolute Gasteiger partial charge is 0.351 e. The molecule has 0 saturated heterocycles. The van der Waals surface area contributed by atoms with Crippen LogP contribution in [0.1, 0.15) is 24.4 Å². The molecule has 0 spiro atoms. The van der Waals surface area contributed by atoms with E-state index in [0.29, 0.717) is 12.2 Å². The molecule has 0 aliphatic carbocycles. The fourth-order valence-corrected chi connectivity index (χ4v) is 4.42. The van der Waals surface area contributed by atoms with Crippen LogP contribution in [0.4, 0.5) is 0 Å². The van der Waals surface area contributed by atoms with E-state index in [-0.39, 0.29) is 17.0 Å². The van der Waals surface area contributed by atoms with Crippen molar-refractivity contribution in [2.24, 2.45) is 4.99 Å². The summed E-state index contributed by atoms with van der Waals surface area (Å²) < 4.78 is 4.03. The van der Waals surface area contributed by atoms with E-state index in [1.165, 1.54) is 11.8 Å². The number of aliphatic imine (C=N–C) groups is 1. The molecule has 4 heterocycles. The Balaban J connectivity index is 1.60. The third-order valence-electron chi connectivity index (χ3n) is 4.54. The van der Waals surface area contributed by atoms with Crippen molar-refractivity contribution in [2.45, 2.75) is 37.5 Å². The lowest BCUT2D eigenvalue weighted by Crippen LogP contribution is -2.20. The number of carboxylic acids is 2. The number of carbonyl (C=O) groups is 2. The second-order valence-corrected chi connectivity index (χ2v) is 7.45. The summed E-state index contributed by atoms with van der Waals surface area (Å²) in [6.45, 7) is 0.899. The fourth-order valence-electron chi connectivity index (χ4n) is 3.23. The minimum absolute atomic E-state index is 0.0499. The first kappa shape index (κ1) is 16.8. The van der Waals surface area contributed by atoms with Crippen molar-refractivity contribution < 1.29 is 19.8 Å². The van der Waals surface area contributed by atoms with Crippen LogP contribution < -0.4 is 0 Å². The number of thioether (sulfide) groups is 1. The molecule has 4 rings (SSSR count). The second kappa shape index (κ2) is 6.60.